The van der Waals surface area contributed by atoms with Crippen LogP contribution in [0.2, 0.25) is 0 Å². The van der Waals surface area contributed by atoms with E-state index < -0.39 is 5.97 Å². The predicted octanol–water partition coefficient (Wildman–Crippen LogP) is 6.26. The summed E-state index contributed by atoms with van der Waals surface area (Å²) >= 11 is 0. The number of fused-ring (bicyclic) bond motifs is 2. The number of nitrogens with one attached hydrogen (secondary N) is 1. The van der Waals surface area contributed by atoms with E-state index >= 15 is 0 Å². The van der Waals surface area contributed by atoms with Crippen LogP contribution in [0.25, 0.3) is 22.1 Å². The van der Waals surface area contributed by atoms with E-state index in [4.69, 9.17) is 4.42 Å². The normalized spacial score (nSPS) is 17.5. The fourth-order valence-electron chi connectivity index (χ4n) is 6.99. The maximum Gasteiger partial charge on any atom is 0.335 e. The predicted molar refractivity (Wildman–Crippen MR) is 160 cm³/mol. The highest BCUT2D eigenvalue weighted by atomic mass is 16.4. The van der Waals surface area contributed by atoms with Gasteiger partial charge in [-0.2, -0.15) is 0 Å². The number of furan rings is 1. The second kappa shape index (κ2) is 10.1. The molecule has 42 heavy (non-hydrogen) atoms. The van der Waals surface area contributed by atoms with Crippen molar-refractivity contribution in [3.05, 3.63) is 64.9 Å². The Morgan fingerprint density at radius 3 is 2.24 bits per heavy atom. The van der Waals surface area contributed by atoms with Gasteiger partial charge in [-0.1, -0.05) is 19.3 Å². The van der Waals surface area contributed by atoms with Crippen molar-refractivity contribution in [2.24, 2.45) is 0 Å². The first-order valence-electron chi connectivity index (χ1n) is 14.6. The molecule has 2 heterocycles. The summed E-state index contributed by atoms with van der Waals surface area (Å²) in [5, 5.41) is 34.8. The van der Waals surface area contributed by atoms with Crippen LogP contribution >= 0.6 is 0 Å². The summed E-state index contributed by atoms with van der Waals surface area (Å²) in [4.78, 5) is 30.4. The van der Waals surface area contributed by atoms with Crippen molar-refractivity contribution in [3.8, 4) is 22.8 Å². The molecule has 7 rings (SSSR count). The van der Waals surface area contributed by atoms with E-state index in [2.05, 4.69) is 15.1 Å². The molecule has 1 saturated carbocycles. The number of hydrogen-bond acceptors (Lipinski definition) is 8. The second-order valence-corrected chi connectivity index (χ2v) is 11.6. The first-order valence-corrected chi connectivity index (χ1v) is 14.6. The van der Waals surface area contributed by atoms with Crippen LogP contribution in [0.5, 0.6) is 11.5 Å². The van der Waals surface area contributed by atoms with Gasteiger partial charge < -0.3 is 30.0 Å². The number of carbonyl (C=O) groups excluding carboxylic acids is 1. The number of piperazine rings is 1. The van der Waals surface area contributed by atoms with Gasteiger partial charge in [0, 0.05) is 59.8 Å². The van der Waals surface area contributed by atoms with Crippen LogP contribution in [0, 0.1) is 6.92 Å². The summed E-state index contributed by atoms with van der Waals surface area (Å²) in [6.45, 7) is 5.51. The van der Waals surface area contributed by atoms with Crippen molar-refractivity contribution in [1.82, 2.24) is 4.90 Å². The molecule has 1 saturated heterocycles. The summed E-state index contributed by atoms with van der Waals surface area (Å²) < 4.78 is 6.34. The molecule has 0 spiro atoms. The number of aromatic carboxylic acids is 1. The lowest BCUT2D eigenvalue weighted by molar-refractivity contribution is 0.0696. The van der Waals surface area contributed by atoms with Crippen LogP contribution in [-0.2, 0) is 0 Å². The van der Waals surface area contributed by atoms with Gasteiger partial charge in [0.25, 0.3) is 0 Å². The zero-order valence-electron chi connectivity index (χ0n) is 23.4. The largest absolute Gasteiger partial charge is 0.504 e. The molecule has 3 aliphatic rings. The van der Waals surface area contributed by atoms with E-state index in [0.29, 0.717) is 45.5 Å². The van der Waals surface area contributed by atoms with Crippen LogP contribution in [-0.4, -0.2) is 64.2 Å². The maximum atomic E-state index is 14.1. The Morgan fingerprint density at radius 1 is 0.905 bits per heavy atom. The number of aryl methyl sites for hydroxylation is 1. The number of hydrogen-bond donors (Lipinski definition) is 4. The summed E-state index contributed by atoms with van der Waals surface area (Å²) in [5.41, 5.74) is 3.44. The quantitative estimate of drug-likeness (QED) is 0.182. The second-order valence-electron chi connectivity index (χ2n) is 11.6. The van der Waals surface area contributed by atoms with Gasteiger partial charge in [0.1, 0.15) is 11.5 Å². The molecule has 9 nitrogen and oxygen atoms in total. The van der Waals surface area contributed by atoms with Gasteiger partial charge in [-0.25, -0.2) is 4.79 Å². The Hall–Kier alpha value is -4.50. The SMILES string of the molecule is Cc1oc2c3c(c(Nc4ccc(C(=O)O)cc4)cc(N4CCN(C5CCCCC5)CC4)c13)C(=O)c1cc(O)c(O)cc1-2. The Morgan fingerprint density at radius 2 is 1.57 bits per heavy atom. The summed E-state index contributed by atoms with van der Waals surface area (Å²) in [7, 11) is 0. The third-order valence-electron chi connectivity index (χ3n) is 9.13. The van der Waals surface area contributed by atoms with Gasteiger partial charge in [0.2, 0.25) is 0 Å². The lowest BCUT2D eigenvalue weighted by atomic mass is 9.85. The highest BCUT2D eigenvalue weighted by Gasteiger charge is 2.36. The van der Waals surface area contributed by atoms with Crippen LogP contribution in [0.1, 0.15) is 64.1 Å². The average Bonchev–Trinajstić information content (AvgIpc) is 3.35. The Bertz CT molecular complexity index is 1730. The minimum atomic E-state index is -1.01. The van der Waals surface area contributed by atoms with E-state index in [-0.39, 0.29) is 28.4 Å². The van der Waals surface area contributed by atoms with Crippen molar-refractivity contribution in [1.29, 1.82) is 0 Å². The molecule has 9 heteroatoms. The van der Waals surface area contributed by atoms with Gasteiger partial charge in [-0.3, -0.25) is 9.69 Å². The Kier molecular flexibility index (Phi) is 6.35. The molecule has 0 unspecified atom stereocenters. The smallest absolute Gasteiger partial charge is 0.335 e. The molecular formula is C33H33N3O6. The number of phenols is 2. The molecule has 1 aliphatic heterocycles. The first kappa shape index (κ1) is 26.4. The van der Waals surface area contributed by atoms with Crippen molar-refractivity contribution in [2.75, 3.05) is 36.4 Å². The first-order chi connectivity index (χ1) is 20.3. The van der Waals surface area contributed by atoms with Crippen LogP contribution in [0.15, 0.2) is 46.9 Å². The minimum Gasteiger partial charge on any atom is -0.504 e. The van der Waals surface area contributed by atoms with E-state index in [9.17, 15) is 24.9 Å². The number of anilines is 3. The molecule has 0 bridgehead atoms. The Balaban J connectivity index is 1.35. The molecule has 1 aromatic heterocycles. The molecular weight excluding hydrogens is 534 g/mol. The number of nitrogens with zero attached hydrogens (tertiary/aromatic N) is 2. The summed E-state index contributed by atoms with van der Waals surface area (Å²) in [6.07, 6.45) is 6.46. The monoisotopic (exact) mass is 567 g/mol. The van der Waals surface area contributed by atoms with Crippen LogP contribution < -0.4 is 10.2 Å². The zero-order valence-corrected chi connectivity index (χ0v) is 23.4. The molecule has 3 aromatic carbocycles. The third-order valence-corrected chi connectivity index (χ3v) is 9.13. The van der Waals surface area contributed by atoms with Crippen LogP contribution in [0.3, 0.4) is 0 Å². The standard InChI is InChI=1S/C33H33N3O6/c1-18-28-25(36-13-11-35(12-14-36)21-5-3-2-4-6-21)17-24(34-20-9-7-19(8-10-20)33(40)41)29-30(28)32(42-18)23-16-27(38)26(37)15-22(23)31(29)39/h7-10,15-17,21,34,37-38H,2-6,11-14H2,1H3,(H,40,41). The van der Waals surface area contributed by atoms with Crippen molar-refractivity contribution in [3.63, 3.8) is 0 Å². The van der Waals surface area contributed by atoms with E-state index in [0.717, 1.165) is 37.3 Å². The Labute approximate surface area is 243 Å². The van der Waals surface area contributed by atoms with E-state index in [1.807, 2.05) is 13.0 Å². The fourth-order valence-corrected chi connectivity index (χ4v) is 6.99. The van der Waals surface area contributed by atoms with E-state index in [1.54, 1.807) is 12.1 Å². The summed E-state index contributed by atoms with van der Waals surface area (Å²) in [6, 6.07) is 11.7. The topological polar surface area (TPSA) is 126 Å². The molecule has 0 atom stereocenters. The molecule has 2 fully saturated rings. The van der Waals surface area contributed by atoms with Crippen molar-refractivity contribution in [2.45, 2.75) is 45.1 Å². The number of rotatable bonds is 5. The van der Waals surface area contributed by atoms with Gasteiger partial charge in [0.15, 0.2) is 17.3 Å². The molecule has 4 N–H and O–H groups in total. The summed E-state index contributed by atoms with van der Waals surface area (Å²) in [5.74, 6) is -0.848. The number of benzene rings is 3. The number of ketones is 1. The lowest BCUT2D eigenvalue weighted by Gasteiger charge is -2.42. The third kappa shape index (κ3) is 4.27. The minimum absolute atomic E-state index is 0.168. The lowest BCUT2D eigenvalue weighted by Crippen LogP contribution is -2.51. The average molecular weight is 568 g/mol. The number of phenolic OH excluding ortho intramolecular Hbond substituents is 2. The van der Waals surface area contributed by atoms with E-state index in [1.165, 1.54) is 56.4 Å². The molecule has 0 radical (unpaired) electrons. The van der Waals surface area contributed by atoms with Gasteiger partial charge in [-0.15, -0.1) is 0 Å². The van der Waals surface area contributed by atoms with Gasteiger partial charge in [-0.05, 0) is 62.2 Å². The highest BCUT2D eigenvalue weighted by molar-refractivity contribution is 6.30. The van der Waals surface area contributed by atoms with Crippen LogP contribution in [0.4, 0.5) is 17.1 Å². The number of carboxylic acid groups (broad SMARTS) is 1. The van der Waals surface area contributed by atoms with Gasteiger partial charge in [0.05, 0.1) is 22.5 Å². The molecule has 4 aromatic rings. The molecule has 216 valence electrons. The van der Waals surface area contributed by atoms with Crippen molar-refractivity contribution < 1.29 is 29.3 Å². The highest BCUT2D eigenvalue weighted by Crippen LogP contribution is 2.51. The number of carboxylic acids is 1. The van der Waals surface area contributed by atoms with Gasteiger partial charge >= 0.3 is 5.97 Å². The fraction of sp³-hybridized carbons (Fsp3) is 0.333. The maximum absolute atomic E-state index is 14.1. The molecule has 2 aliphatic carbocycles. The number of aromatic hydroxyl groups is 2. The molecule has 0 amide bonds. The zero-order chi connectivity index (χ0) is 29.1. The van der Waals surface area contributed by atoms with Crippen molar-refractivity contribution >= 4 is 39.6 Å². The number of carbonyl (C=O) groups is 2.